The highest BCUT2D eigenvalue weighted by atomic mass is 16.3. The van der Waals surface area contributed by atoms with Crippen LogP contribution in [0.15, 0.2) is 18.3 Å². The summed E-state index contributed by atoms with van der Waals surface area (Å²) < 4.78 is 0. The van der Waals surface area contributed by atoms with Gasteiger partial charge >= 0.3 is 0 Å². The topological polar surface area (TPSA) is 53.4 Å². The molecule has 1 fully saturated rings. The van der Waals surface area contributed by atoms with Gasteiger partial charge in [-0.05, 0) is 31.9 Å². The third-order valence-corrected chi connectivity index (χ3v) is 3.36. The first-order valence-electron chi connectivity index (χ1n) is 6.19. The van der Waals surface area contributed by atoms with E-state index in [2.05, 4.69) is 4.98 Å². The maximum atomic E-state index is 12.3. The average Bonchev–Trinajstić information content (AvgIpc) is 2.84. The number of rotatable bonds is 3. The van der Waals surface area contributed by atoms with E-state index < -0.39 is 0 Å². The lowest BCUT2D eigenvalue weighted by atomic mass is 10.2. The monoisotopic (exact) mass is 234 g/mol. The standard InChI is InChI=1S/C13H18N2O2/c1-2-15(10-6-3-4-7-10)13(17)12-11(16)8-5-9-14-12/h5,8-10,16H,2-4,6-7H2,1H3. The summed E-state index contributed by atoms with van der Waals surface area (Å²) in [6.45, 7) is 2.63. The maximum Gasteiger partial charge on any atom is 0.276 e. The van der Waals surface area contributed by atoms with Crippen LogP contribution in [0.1, 0.15) is 43.1 Å². The van der Waals surface area contributed by atoms with Crippen LogP contribution in [-0.2, 0) is 0 Å². The molecule has 1 saturated carbocycles. The highest BCUT2D eigenvalue weighted by Crippen LogP contribution is 2.25. The van der Waals surface area contributed by atoms with Crippen LogP contribution in [0.3, 0.4) is 0 Å². The molecule has 0 bridgehead atoms. The number of amides is 1. The molecule has 0 aliphatic heterocycles. The highest BCUT2D eigenvalue weighted by molar-refractivity contribution is 5.95. The van der Waals surface area contributed by atoms with Crippen molar-refractivity contribution in [3.05, 3.63) is 24.0 Å². The first-order chi connectivity index (χ1) is 8.24. The van der Waals surface area contributed by atoms with Crippen LogP contribution in [-0.4, -0.2) is 33.5 Å². The highest BCUT2D eigenvalue weighted by Gasteiger charge is 2.28. The van der Waals surface area contributed by atoms with Crippen LogP contribution in [0.2, 0.25) is 0 Å². The van der Waals surface area contributed by atoms with Crippen molar-refractivity contribution in [2.45, 2.75) is 38.6 Å². The van der Waals surface area contributed by atoms with E-state index in [9.17, 15) is 9.90 Å². The summed E-state index contributed by atoms with van der Waals surface area (Å²) in [5.74, 6) is -0.188. The summed E-state index contributed by atoms with van der Waals surface area (Å²) >= 11 is 0. The summed E-state index contributed by atoms with van der Waals surface area (Å²) in [6, 6.07) is 3.44. The van der Waals surface area contributed by atoms with Gasteiger partial charge in [-0.15, -0.1) is 0 Å². The fraction of sp³-hybridized carbons (Fsp3) is 0.538. The number of hydrogen-bond donors (Lipinski definition) is 1. The van der Waals surface area contributed by atoms with E-state index in [0.29, 0.717) is 12.6 Å². The van der Waals surface area contributed by atoms with Crippen LogP contribution < -0.4 is 0 Å². The Balaban J connectivity index is 2.20. The SMILES string of the molecule is CCN(C(=O)c1ncccc1O)C1CCCC1. The quantitative estimate of drug-likeness (QED) is 0.872. The third kappa shape index (κ3) is 2.40. The van der Waals surface area contributed by atoms with Crippen molar-refractivity contribution in [2.24, 2.45) is 0 Å². The minimum atomic E-state index is -0.155. The molecule has 4 heteroatoms. The lowest BCUT2D eigenvalue weighted by Gasteiger charge is -2.27. The van der Waals surface area contributed by atoms with Crippen LogP contribution in [0, 0.1) is 0 Å². The number of aromatic hydroxyl groups is 1. The molecular formula is C13H18N2O2. The number of pyridine rings is 1. The zero-order valence-corrected chi connectivity index (χ0v) is 10.1. The largest absolute Gasteiger partial charge is 0.505 e. The third-order valence-electron chi connectivity index (χ3n) is 3.36. The summed E-state index contributed by atoms with van der Waals surface area (Å²) in [4.78, 5) is 18.1. The van der Waals surface area contributed by atoms with Gasteiger partial charge in [-0.25, -0.2) is 4.98 Å². The van der Waals surface area contributed by atoms with E-state index in [-0.39, 0.29) is 17.4 Å². The molecule has 1 N–H and O–H groups in total. The molecule has 4 nitrogen and oxygen atoms in total. The number of hydrogen-bond acceptors (Lipinski definition) is 3. The first kappa shape index (κ1) is 11.9. The number of nitrogens with zero attached hydrogens (tertiary/aromatic N) is 2. The van der Waals surface area contributed by atoms with Gasteiger partial charge in [0, 0.05) is 18.8 Å². The van der Waals surface area contributed by atoms with Crippen molar-refractivity contribution in [3.63, 3.8) is 0 Å². The molecule has 1 aliphatic carbocycles. The van der Waals surface area contributed by atoms with Gasteiger partial charge < -0.3 is 10.0 Å². The Bertz CT molecular complexity index is 400. The Morgan fingerprint density at radius 2 is 2.24 bits per heavy atom. The molecular weight excluding hydrogens is 216 g/mol. The summed E-state index contributed by atoms with van der Waals surface area (Å²) in [5.41, 5.74) is 0.168. The van der Waals surface area contributed by atoms with Gasteiger partial charge in [0.05, 0.1) is 0 Å². The van der Waals surface area contributed by atoms with Gasteiger partial charge in [-0.2, -0.15) is 0 Å². The molecule has 17 heavy (non-hydrogen) atoms. The predicted octanol–water partition coefficient (Wildman–Crippen LogP) is 2.19. The van der Waals surface area contributed by atoms with Gasteiger partial charge in [0.25, 0.3) is 5.91 Å². The Kier molecular flexibility index (Phi) is 3.61. The Morgan fingerprint density at radius 3 is 2.82 bits per heavy atom. The summed E-state index contributed by atoms with van der Waals surface area (Å²) in [5, 5.41) is 9.66. The molecule has 0 saturated heterocycles. The van der Waals surface area contributed by atoms with Crippen LogP contribution in [0.5, 0.6) is 5.75 Å². The van der Waals surface area contributed by atoms with E-state index in [0.717, 1.165) is 12.8 Å². The van der Waals surface area contributed by atoms with E-state index in [1.165, 1.54) is 25.1 Å². The Morgan fingerprint density at radius 1 is 1.53 bits per heavy atom. The molecule has 1 aromatic rings. The number of carbonyl (C=O) groups is 1. The lowest BCUT2D eigenvalue weighted by molar-refractivity contribution is 0.0684. The van der Waals surface area contributed by atoms with Gasteiger partial charge in [-0.1, -0.05) is 12.8 Å². The Hall–Kier alpha value is -1.58. The second-order valence-electron chi connectivity index (χ2n) is 4.40. The zero-order chi connectivity index (χ0) is 12.3. The molecule has 1 heterocycles. The van der Waals surface area contributed by atoms with Crippen molar-refractivity contribution in [3.8, 4) is 5.75 Å². The second kappa shape index (κ2) is 5.17. The van der Waals surface area contributed by atoms with Crippen molar-refractivity contribution >= 4 is 5.91 Å². The van der Waals surface area contributed by atoms with E-state index in [1.807, 2.05) is 11.8 Å². The van der Waals surface area contributed by atoms with Crippen LogP contribution >= 0.6 is 0 Å². The van der Waals surface area contributed by atoms with Crippen LogP contribution in [0.25, 0.3) is 0 Å². The normalized spacial score (nSPS) is 16.1. The molecule has 0 radical (unpaired) electrons. The molecule has 0 aromatic carbocycles. The van der Waals surface area contributed by atoms with E-state index in [1.54, 1.807) is 6.07 Å². The van der Waals surface area contributed by atoms with Gasteiger partial charge in [0.15, 0.2) is 5.69 Å². The fourth-order valence-corrected chi connectivity index (χ4v) is 2.48. The van der Waals surface area contributed by atoms with E-state index >= 15 is 0 Å². The predicted molar refractivity (Wildman–Crippen MR) is 64.9 cm³/mol. The van der Waals surface area contributed by atoms with Gasteiger partial charge in [0.2, 0.25) is 0 Å². The minimum Gasteiger partial charge on any atom is -0.505 e. The average molecular weight is 234 g/mol. The van der Waals surface area contributed by atoms with Crippen molar-refractivity contribution < 1.29 is 9.90 Å². The number of carbonyl (C=O) groups excluding carboxylic acids is 1. The number of aromatic nitrogens is 1. The second-order valence-corrected chi connectivity index (χ2v) is 4.40. The minimum absolute atomic E-state index is 0.0334. The molecule has 2 rings (SSSR count). The van der Waals surface area contributed by atoms with Gasteiger partial charge in [0.1, 0.15) is 5.75 Å². The van der Waals surface area contributed by atoms with Crippen molar-refractivity contribution in [2.75, 3.05) is 6.54 Å². The smallest absolute Gasteiger partial charge is 0.276 e. The molecule has 92 valence electrons. The Labute approximate surface area is 101 Å². The summed E-state index contributed by atoms with van der Waals surface area (Å²) in [7, 11) is 0. The van der Waals surface area contributed by atoms with Crippen LogP contribution in [0.4, 0.5) is 0 Å². The molecule has 1 aliphatic rings. The molecule has 0 unspecified atom stereocenters. The first-order valence-corrected chi connectivity index (χ1v) is 6.19. The zero-order valence-electron chi connectivity index (χ0n) is 10.1. The molecule has 1 aromatic heterocycles. The van der Waals surface area contributed by atoms with Crippen molar-refractivity contribution in [1.82, 2.24) is 9.88 Å². The summed E-state index contributed by atoms with van der Waals surface area (Å²) in [6.07, 6.45) is 6.03. The maximum absolute atomic E-state index is 12.3. The fourth-order valence-electron chi connectivity index (χ4n) is 2.48. The lowest BCUT2D eigenvalue weighted by Crippen LogP contribution is -2.39. The molecule has 1 amide bonds. The van der Waals surface area contributed by atoms with Crippen molar-refractivity contribution in [1.29, 1.82) is 0 Å². The van der Waals surface area contributed by atoms with Gasteiger partial charge in [-0.3, -0.25) is 4.79 Å². The van der Waals surface area contributed by atoms with E-state index in [4.69, 9.17) is 0 Å². The molecule has 0 spiro atoms. The molecule has 0 atom stereocenters.